The Kier molecular flexibility index (Phi) is 4.90. The van der Waals surface area contributed by atoms with Crippen LogP contribution in [0.15, 0.2) is 18.2 Å². The number of hydrogen-bond donors (Lipinski definition) is 1. The van der Waals surface area contributed by atoms with E-state index in [1.54, 1.807) is 32.2 Å². The largest absolute Gasteiger partial charge is 0.497 e. The monoisotopic (exact) mass is 306 g/mol. The number of nitrogens with one attached hydrogen (secondary N) is 1. The van der Waals surface area contributed by atoms with Crippen molar-refractivity contribution in [2.75, 3.05) is 30.5 Å². The van der Waals surface area contributed by atoms with E-state index in [2.05, 4.69) is 5.32 Å². The Labute approximate surface area is 130 Å². The van der Waals surface area contributed by atoms with Gasteiger partial charge in [-0.2, -0.15) is 0 Å². The molecule has 0 spiro atoms. The number of nitrogens with zero attached hydrogens (tertiary/aromatic N) is 1. The van der Waals surface area contributed by atoms with Gasteiger partial charge in [-0.1, -0.05) is 13.8 Å². The van der Waals surface area contributed by atoms with Crippen LogP contribution >= 0.6 is 0 Å². The minimum Gasteiger partial charge on any atom is -0.497 e. The molecule has 1 N–H and O–H groups in total. The first-order valence-electron chi connectivity index (χ1n) is 7.34. The molecule has 0 bridgehead atoms. The maximum Gasteiger partial charge on any atom is 0.328 e. The van der Waals surface area contributed by atoms with Crippen LogP contribution in [0.2, 0.25) is 0 Å². The van der Waals surface area contributed by atoms with Crippen LogP contribution in [0.1, 0.15) is 20.8 Å². The van der Waals surface area contributed by atoms with Crippen molar-refractivity contribution < 1.29 is 19.1 Å². The summed E-state index contributed by atoms with van der Waals surface area (Å²) in [7, 11) is 1.58. The van der Waals surface area contributed by atoms with Gasteiger partial charge in [0.2, 0.25) is 5.91 Å². The van der Waals surface area contributed by atoms with E-state index >= 15 is 0 Å². The zero-order chi connectivity index (χ0) is 16.3. The van der Waals surface area contributed by atoms with E-state index in [0.29, 0.717) is 18.0 Å². The summed E-state index contributed by atoms with van der Waals surface area (Å²) >= 11 is 0. The van der Waals surface area contributed by atoms with Crippen molar-refractivity contribution in [2.45, 2.75) is 26.8 Å². The molecule has 1 aliphatic rings. The Bertz CT molecular complexity index is 571. The van der Waals surface area contributed by atoms with Gasteiger partial charge >= 0.3 is 5.97 Å². The average molecular weight is 306 g/mol. The standard InChI is InChI=1S/C16H22N2O4/c1-10(2)9-22-16(20)11(3)18-14-6-5-12(21-4)7-13(14)17-8-15(18)19/h5-7,10-11,17H,8-9H2,1-4H3. The number of rotatable bonds is 5. The van der Waals surface area contributed by atoms with Gasteiger partial charge in [0.05, 0.1) is 31.6 Å². The second-order valence-corrected chi connectivity index (χ2v) is 5.70. The van der Waals surface area contributed by atoms with Crippen molar-refractivity contribution in [3.05, 3.63) is 18.2 Å². The summed E-state index contributed by atoms with van der Waals surface area (Å²) in [5.41, 5.74) is 1.42. The van der Waals surface area contributed by atoms with Crippen molar-refractivity contribution in [3.63, 3.8) is 0 Å². The fraction of sp³-hybridized carbons (Fsp3) is 0.500. The normalized spacial score (nSPS) is 15.1. The Morgan fingerprint density at radius 1 is 1.36 bits per heavy atom. The van der Waals surface area contributed by atoms with Gasteiger partial charge in [0.1, 0.15) is 11.8 Å². The molecule has 0 fully saturated rings. The first kappa shape index (κ1) is 16.1. The van der Waals surface area contributed by atoms with Crippen LogP contribution in [-0.2, 0) is 14.3 Å². The van der Waals surface area contributed by atoms with Crippen molar-refractivity contribution >= 4 is 23.3 Å². The number of ether oxygens (including phenoxy) is 2. The van der Waals surface area contributed by atoms with E-state index in [1.165, 1.54) is 4.90 Å². The summed E-state index contributed by atoms with van der Waals surface area (Å²) in [6.45, 7) is 6.10. The van der Waals surface area contributed by atoms with Gasteiger partial charge in [-0.15, -0.1) is 0 Å². The lowest BCUT2D eigenvalue weighted by Crippen LogP contribution is -2.49. The fourth-order valence-corrected chi connectivity index (χ4v) is 2.28. The number of esters is 1. The lowest BCUT2D eigenvalue weighted by atomic mass is 10.1. The maximum absolute atomic E-state index is 12.2. The summed E-state index contributed by atoms with van der Waals surface area (Å²) in [4.78, 5) is 25.9. The molecular weight excluding hydrogens is 284 g/mol. The Hall–Kier alpha value is -2.24. The van der Waals surface area contributed by atoms with Crippen LogP contribution in [0.5, 0.6) is 5.75 Å². The number of hydrogen-bond acceptors (Lipinski definition) is 5. The minimum absolute atomic E-state index is 0.141. The van der Waals surface area contributed by atoms with Gasteiger partial charge in [-0.25, -0.2) is 4.79 Å². The molecule has 6 heteroatoms. The third kappa shape index (κ3) is 3.32. The first-order chi connectivity index (χ1) is 10.4. The van der Waals surface area contributed by atoms with Crippen LogP contribution in [0.4, 0.5) is 11.4 Å². The number of methoxy groups -OCH3 is 1. The van der Waals surface area contributed by atoms with Gasteiger partial charge in [-0.05, 0) is 25.0 Å². The number of fused-ring (bicyclic) bond motifs is 1. The van der Waals surface area contributed by atoms with E-state index in [-0.39, 0.29) is 18.4 Å². The predicted molar refractivity (Wildman–Crippen MR) is 84.2 cm³/mol. The third-order valence-electron chi connectivity index (χ3n) is 3.45. The van der Waals surface area contributed by atoms with Gasteiger partial charge < -0.3 is 14.8 Å². The molecule has 1 aromatic carbocycles. The zero-order valence-corrected chi connectivity index (χ0v) is 13.4. The molecule has 6 nitrogen and oxygen atoms in total. The highest BCUT2D eigenvalue weighted by Gasteiger charge is 2.33. The number of anilines is 2. The molecule has 2 rings (SSSR count). The molecule has 1 amide bonds. The van der Waals surface area contributed by atoms with Crippen LogP contribution in [0, 0.1) is 5.92 Å². The molecule has 0 aliphatic carbocycles. The molecule has 0 radical (unpaired) electrons. The number of benzene rings is 1. The van der Waals surface area contributed by atoms with Crippen molar-refractivity contribution in [2.24, 2.45) is 5.92 Å². The first-order valence-corrected chi connectivity index (χ1v) is 7.34. The zero-order valence-electron chi connectivity index (χ0n) is 13.4. The fourth-order valence-electron chi connectivity index (χ4n) is 2.28. The maximum atomic E-state index is 12.2. The van der Waals surface area contributed by atoms with Crippen LogP contribution in [0.3, 0.4) is 0 Å². The van der Waals surface area contributed by atoms with Crippen molar-refractivity contribution in [3.8, 4) is 5.75 Å². The van der Waals surface area contributed by atoms with Gasteiger partial charge in [0.15, 0.2) is 0 Å². The SMILES string of the molecule is COc1ccc2c(c1)NCC(=O)N2C(C)C(=O)OCC(C)C. The van der Waals surface area contributed by atoms with Crippen LogP contribution in [0.25, 0.3) is 0 Å². The summed E-state index contributed by atoms with van der Waals surface area (Å²) in [5.74, 6) is 0.388. The van der Waals surface area contributed by atoms with Gasteiger partial charge in [0.25, 0.3) is 0 Å². The van der Waals surface area contributed by atoms with Crippen molar-refractivity contribution in [1.82, 2.24) is 0 Å². The molecule has 1 atom stereocenters. The molecule has 1 aromatic rings. The molecule has 1 heterocycles. The number of carbonyl (C=O) groups excluding carboxylic acids is 2. The molecule has 0 saturated heterocycles. The van der Waals surface area contributed by atoms with Crippen LogP contribution < -0.4 is 15.0 Å². The van der Waals surface area contributed by atoms with E-state index in [9.17, 15) is 9.59 Å². The lowest BCUT2D eigenvalue weighted by molar-refractivity contribution is -0.146. The number of amides is 1. The summed E-state index contributed by atoms with van der Waals surface area (Å²) < 4.78 is 10.4. The Morgan fingerprint density at radius 2 is 2.09 bits per heavy atom. The number of carbonyl (C=O) groups is 2. The van der Waals surface area contributed by atoms with Gasteiger partial charge in [-0.3, -0.25) is 9.69 Å². The van der Waals surface area contributed by atoms with E-state index in [1.807, 2.05) is 13.8 Å². The lowest BCUT2D eigenvalue weighted by Gasteiger charge is -2.33. The highest BCUT2D eigenvalue weighted by Crippen LogP contribution is 2.34. The minimum atomic E-state index is -0.666. The van der Waals surface area contributed by atoms with E-state index in [0.717, 1.165) is 5.69 Å². The summed E-state index contributed by atoms with van der Waals surface area (Å²) in [5, 5.41) is 3.04. The second-order valence-electron chi connectivity index (χ2n) is 5.70. The van der Waals surface area contributed by atoms with Crippen molar-refractivity contribution in [1.29, 1.82) is 0 Å². The highest BCUT2D eigenvalue weighted by atomic mass is 16.5. The molecule has 1 unspecified atom stereocenters. The summed E-state index contributed by atoms with van der Waals surface area (Å²) in [6, 6.07) is 4.67. The Balaban J connectivity index is 2.23. The van der Waals surface area contributed by atoms with E-state index in [4.69, 9.17) is 9.47 Å². The molecular formula is C16H22N2O4. The summed E-state index contributed by atoms with van der Waals surface area (Å²) in [6.07, 6.45) is 0. The topological polar surface area (TPSA) is 67.9 Å². The smallest absolute Gasteiger partial charge is 0.328 e. The molecule has 0 saturated carbocycles. The van der Waals surface area contributed by atoms with E-state index < -0.39 is 12.0 Å². The predicted octanol–water partition coefficient (Wildman–Crippen LogP) is 2.04. The third-order valence-corrected chi connectivity index (χ3v) is 3.45. The molecule has 120 valence electrons. The average Bonchev–Trinajstić information content (AvgIpc) is 2.51. The molecule has 1 aliphatic heterocycles. The van der Waals surface area contributed by atoms with Crippen LogP contribution in [-0.4, -0.2) is 38.2 Å². The second kappa shape index (κ2) is 6.68. The molecule has 22 heavy (non-hydrogen) atoms. The Morgan fingerprint density at radius 3 is 2.73 bits per heavy atom. The van der Waals surface area contributed by atoms with Gasteiger partial charge in [0, 0.05) is 6.07 Å². The quantitative estimate of drug-likeness (QED) is 0.843. The highest BCUT2D eigenvalue weighted by molar-refractivity contribution is 6.06. The molecule has 0 aromatic heterocycles.